The molecule has 1 heterocycles. The van der Waals surface area contributed by atoms with Crippen molar-refractivity contribution in [3.05, 3.63) is 28.3 Å². The van der Waals surface area contributed by atoms with Gasteiger partial charge in [0.05, 0.1) is 5.56 Å². The Morgan fingerprint density at radius 2 is 2.15 bits per heavy atom. The average molecular weight is 297 g/mol. The van der Waals surface area contributed by atoms with Crippen molar-refractivity contribution in [3.8, 4) is 5.75 Å². The summed E-state index contributed by atoms with van der Waals surface area (Å²) in [6, 6.07) is 3.68. The van der Waals surface area contributed by atoms with Gasteiger partial charge in [-0.25, -0.2) is 0 Å². The molecule has 5 heteroatoms. The topological polar surface area (TPSA) is 43.8 Å². The van der Waals surface area contributed by atoms with E-state index in [0.29, 0.717) is 23.2 Å². The monoisotopic (exact) mass is 296 g/mol. The molecule has 0 aliphatic carbocycles. The third-order valence-corrected chi connectivity index (χ3v) is 4.09. The quantitative estimate of drug-likeness (QED) is 0.870. The predicted octanol–water partition coefficient (Wildman–Crippen LogP) is 2.38. The Morgan fingerprint density at radius 3 is 2.75 bits per heavy atom. The SMILES string of the molecule is CC(=O)c1cc(Cl)cc(CN2CCN(C)CC2C)c1O. The van der Waals surface area contributed by atoms with Crippen LogP contribution in [0.25, 0.3) is 0 Å². The second-order valence-electron chi connectivity index (χ2n) is 5.60. The molecule has 110 valence electrons. The van der Waals surface area contributed by atoms with Crippen LogP contribution >= 0.6 is 11.6 Å². The fraction of sp³-hybridized carbons (Fsp3) is 0.533. The second-order valence-corrected chi connectivity index (χ2v) is 6.04. The zero-order chi connectivity index (χ0) is 14.9. The molecule has 0 spiro atoms. The lowest BCUT2D eigenvalue weighted by molar-refractivity contribution is 0.0929. The summed E-state index contributed by atoms with van der Waals surface area (Å²) in [6.45, 7) is 7.17. The normalized spacial score (nSPS) is 21.1. The Hall–Kier alpha value is -1.10. The minimum atomic E-state index is -0.169. The van der Waals surface area contributed by atoms with Crippen molar-refractivity contribution in [3.63, 3.8) is 0 Å². The van der Waals surface area contributed by atoms with Gasteiger partial charge in [-0.15, -0.1) is 0 Å². The number of Topliss-reactive ketones (excluding diaryl/α,β-unsaturated/α-hetero) is 1. The number of nitrogens with zero attached hydrogens (tertiary/aromatic N) is 2. The Kier molecular flexibility index (Phi) is 4.68. The molecule has 20 heavy (non-hydrogen) atoms. The molecule has 1 aromatic carbocycles. The number of likely N-dealkylation sites (N-methyl/N-ethyl adjacent to an activating group) is 1. The highest BCUT2D eigenvalue weighted by Crippen LogP contribution is 2.29. The minimum Gasteiger partial charge on any atom is -0.507 e. The van der Waals surface area contributed by atoms with E-state index in [-0.39, 0.29) is 11.5 Å². The summed E-state index contributed by atoms with van der Waals surface area (Å²) in [6.07, 6.45) is 0. The van der Waals surface area contributed by atoms with Gasteiger partial charge in [-0.3, -0.25) is 9.69 Å². The molecular weight excluding hydrogens is 276 g/mol. The van der Waals surface area contributed by atoms with Crippen molar-refractivity contribution in [1.29, 1.82) is 0 Å². The predicted molar refractivity (Wildman–Crippen MR) is 80.5 cm³/mol. The number of phenols is 1. The van der Waals surface area contributed by atoms with Gasteiger partial charge in [0.25, 0.3) is 0 Å². The van der Waals surface area contributed by atoms with Gasteiger partial charge in [0.15, 0.2) is 5.78 Å². The smallest absolute Gasteiger partial charge is 0.163 e. The molecule has 1 unspecified atom stereocenters. The van der Waals surface area contributed by atoms with Gasteiger partial charge in [0.1, 0.15) is 5.75 Å². The fourth-order valence-corrected chi connectivity index (χ4v) is 2.92. The first-order chi connectivity index (χ1) is 9.38. The first-order valence-corrected chi connectivity index (χ1v) is 7.21. The van der Waals surface area contributed by atoms with Crippen molar-refractivity contribution in [1.82, 2.24) is 9.80 Å². The molecule has 1 atom stereocenters. The van der Waals surface area contributed by atoms with Gasteiger partial charge in [0, 0.05) is 42.8 Å². The van der Waals surface area contributed by atoms with Crippen molar-refractivity contribution >= 4 is 17.4 Å². The van der Waals surface area contributed by atoms with Crippen LogP contribution in [0.1, 0.15) is 29.8 Å². The van der Waals surface area contributed by atoms with Crippen molar-refractivity contribution < 1.29 is 9.90 Å². The highest BCUT2D eigenvalue weighted by Gasteiger charge is 2.23. The molecule has 2 rings (SSSR count). The molecule has 0 radical (unpaired) electrons. The summed E-state index contributed by atoms with van der Waals surface area (Å²) < 4.78 is 0. The maximum Gasteiger partial charge on any atom is 0.163 e. The number of rotatable bonds is 3. The number of piperazine rings is 1. The minimum absolute atomic E-state index is 0.0630. The lowest BCUT2D eigenvalue weighted by atomic mass is 10.0. The molecule has 1 saturated heterocycles. The summed E-state index contributed by atoms with van der Waals surface area (Å²) in [5.74, 6) is -0.106. The molecule has 1 fully saturated rings. The van der Waals surface area contributed by atoms with E-state index in [1.165, 1.54) is 13.0 Å². The molecule has 0 amide bonds. The summed E-state index contributed by atoms with van der Waals surface area (Å²) >= 11 is 6.05. The molecule has 4 nitrogen and oxygen atoms in total. The van der Waals surface area contributed by atoms with Gasteiger partial charge in [-0.1, -0.05) is 11.6 Å². The molecule has 0 saturated carbocycles. The summed E-state index contributed by atoms with van der Waals surface area (Å²) in [5.41, 5.74) is 1.02. The van der Waals surface area contributed by atoms with Crippen LogP contribution in [0, 0.1) is 0 Å². The maximum atomic E-state index is 11.5. The van der Waals surface area contributed by atoms with E-state index in [2.05, 4.69) is 23.8 Å². The Labute approximate surface area is 124 Å². The van der Waals surface area contributed by atoms with Crippen LogP contribution in [0.3, 0.4) is 0 Å². The second kappa shape index (κ2) is 6.12. The average Bonchev–Trinajstić information content (AvgIpc) is 2.36. The van der Waals surface area contributed by atoms with E-state index in [9.17, 15) is 9.90 Å². The lowest BCUT2D eigenvalue weighted by Gasteiger charge is -2.38. The largest absolute Gasteiger partial charge is 0.507 e. The molecular formula is C15H21ClN2O2. The van der Waals surface area contributed by atoms with Gasteiger partial charge < -0.3 is 10.0 Å². The Balaban J connectivity index is 2.23. The summed E-state index contributed by atoms with van der Waals surface area (Å²) in [7, 11) is 2.11. The number of ketones is 1. The zero-order valence-corrected chi connectivity index (χ0v) is 12.9. The number of carbonyl (C=O) groups is 1. The van der Waals surface area contributed by atoms with E-state index in [1.54, 1.807) is 6.07 Å². The summed E-state index contributed by atoms with van der Waals surface area (Å²) in [5, 5.41) is 10.7. The highest BCUT2D eigenvalue weighted by molar-refractivity contribution is 6.31. The van der Waals surface area contributed by atoms with E-state index in [0.717, 1.165) is 25.2 Å². The number of hydrogen-bond donors (Lipinski definition) is 1. The number of benzene rings is 1. The van der Waals surface area contributed by atoms with Crippen molar-refractivity contribution in [2.75, 3.05) is 26.7 Å². The zero-order valence-electron chi connectivity index (χ0n) is 12.2. The molecule has 1 aliphatic rings. The van der Waals surface area contributed by atoms with Crippen molar-refractivity contribution in [2.45, 2.75) is 26.4 Å². The lowest BCUT2D eigenvalue weighted by Crippen LogP contribution is -2.49. The molecule has 1 aliphatic heterocycles. The van der Waals surface area contributed by atoms with Crippen LogP contribution in [-0.4, -0.2) is 53.4 Å². The first kappa shape index (κ1) is 15.3. The standard InChI is InChI=1S/C15H21ClN2O2/c1-10-8-17(3)4-5-18(10)9-12-6-13(16)7-14(11(2)19)15(12)20/h6-7,10,20H,4-5,8-9H2,1-3H3. The van der Waals surface area contributed by atoms with Gasteiger partial charge in [-0.05, 0) is 33.0 Å². The third-order valence-electron chi connectivity index (χ3n) is 3.87. The van der Waals surface area contributed by atoms with E-state index < -0.39 is 0 Å². The highest BCUT2D eigenvalue weighted by atomic mass is 35.5. The molecule has 1 N–H and O–H groups in total. The number of phenolic OH excluding ortho intramolecular Hbond substituents is 1. The van der Waals surface area contributed by atoms with Crippen LogP contribution < -0.4 is 0 Å². The Bertz CT molecular complexity index is 519. The van der Waals surface area contributed by atoms with Crippen molar-refractivity contribution in [2.24, 2.45) is 0 Å². The number of aromatic hydroxyl groups is 1. The van der Waals surface area contributed by atoms with Gasteiger partial charge in [0.2, 0.25) is 0 Å². The molecule has 1 aromatic rings. The number of halogens is 1. The van der Waals surface area contributed by atoms with Crippen LogP contribution in [0.5, 0.6) is 5.75 Å². The van der Waals surface area contributed by atoms with Crippen LogP contribution in [-0.2, 0) is 6.54 Å². The number of carbonyl (C=O) groups excluding carboxylic acids is 1. The molecule has 0 bridgehead atoms. The van der Waals surface area contributed by atoms with E-state index >= 15 is 0 Å². The van der Waals surface area contributed by atoms with Gasteiger partial charge in [-0.2, -0.15) is 0 Å². The third kappa shape index (κ3) is 3.32. The van der Waals surface area contributed by atoms with Crippen LogP contribution in [0.15, 0.2) is 12.1 Å². The van der Waals surface area contributed by atoms with Crippen LogP contribution in [0.2, 0.25) is 5.02 Å². The van der Waals surface area contributed by atoms with E-state index in [4.69, 9.17) is 11.6 Å². The molecule has 0 aromatic heterocycles. The maximum absolute atomic E-state index is 11.5. The van der Waals surface area contributed by atoms with Gasteiger partial charge >= 0.3 is 0 Å². The van der Waals surface area contributed by atoms with E-state index in [1.807, 2.05) is 0 Å². The number of hydrogen-bond acceptors (Lipinski definition) is 4. The fourth-order valence-electron chi connectivity index (χ4n) is 2.68. The Morgan fingerprint density at radius 1 is 1.45 bits per heavy atom. The van der Waals surface area contributed by atoms with Crippen LogP contribution in [0.4, 0.5) is 0 Å². The summed E-state index contributed by atoms with van der Waals surface area (Å²) in [4.78, 5) is 16.1. The first-order valence-electron chi connectivity index (χ1n) is 6.83.